The monoisotopic (exact) mass is 175 g/mol. The summed E-state index contributed by atoms with van der Waals surface area (Å²) in [6.45, 7) is 0. The first-order valence-electron chi connectivity index (χ1n) is 3.32. The van der Waals surface area contributed by atoms with Gasteiger partial charge < -0.3 is 10.2 Å². The van der Waals surface area contributed by atoms with Crippen LogP contribution in [0.4, 0.5) is 0 Å². The third-order valence-electron chi connectivity index (χ3n) is 1.24. The molecule has 0 aliphatic heterocycles. The van der Waals surface area contributed by atoms with Crippen molar-refractivity contribution in [3.63, 3.8) is 0 Å². The second-order valence-electron chi connectivity index (χ2n) is 2.16. The molecule has 0 radical (unpaired) electrons. The first-order chi connectivity index (χ1) is 5.57. The van der Waals surface area contributed by atoms with Gasteiger partial charge in [-0.3, -0.25) is 15.5 Å². The maximum atomic E-state index is 10.4. The molecule has 6 nitrogen and oxygen atoms in total. The van der Waals surface area contributed by atoms with Crippen molar-refractivity contribution >= 4 is 18.3 Å². The summed E-state index contributed by atoms with van der Waals surface area (Å²) in [5.74, 6) is -2.14. The lowest BCUT2D eigenvalue weighted by Gasteiger charge is -2.00. The normalized spacial score (nSPS) is 13.0. The Morgan fingerprint density at radius 3 is 2.42 bits per heavy atom. The van der Waals surface area contributed by atoms with E-state index < -0.39 is 18.0 Å². The zero-order valence-corrected chi connectivity index (χ0v) is 6.36. The van der Waals surface area contributed by atoms with Crippen molar-refractivity contribution in [2.45, 2.75) is 18.9 Å². The number of rotatable bonds is 5. The Balaban J connectivity index is 3.96. The van der Waals surface area contributed by atoms with Gasteiger partial charge in [0.25, 0.3) is 0 Å². The zero-order valence-electron chi connectivity index (χ0n) is 6.36. The Labute approximate surface area is 68.7 Å². The lowest BCUT2D eigenvalue weighted by atomic mass is 10.2. The maximum absolute atomic E-state index is 10.4. The van der Waals surface area contributed by atoms with E-state index in [0.717, 1.165) is 6.34 Å². The van der Waals surface area contributed by atoms with Crippen LogP contribution in [-0.2, 0) is 9.59 Å². The number of carboxylic acid groups (broad SMARTS) is 2. The summed E-state index contributed by atoms with van der Waals surface area (Å²) < 4.78 is 0. The molecule has 0 aliphatic carbocycles. The number of nitrogens with one attached hydrogen (secondary N) is 1. The number of carbonyl (C=O) groups is 2. The topological polar surface area (TPSA) is 115 Å². The summed E-state index contributed by atoms with van der Waals surface area (Å²) in [6, 6.07) is -0.925. The SMILES string of the molecule is NC=[NH+]C(CCC(=O)O)C(=O)O. The average molecular weight is 175 g/mol. The molecule has 0 rings (SSSR count). The predicted molar refractivity (Wildman–Crippen MR) is 39.5 cm³/mol. The van der Waals surface area contributed by atoms with Crippen molar-refractivity contribution in [3.8, 4) is 0 Å². The summed E-state index contributed by atoms with van der Waals surface area (Å²) in [5, 5.41) is 16.7. The highest BCUT2D eigenvalue weighted by Crippen LogP contribution is 1.92. The quantitative estimate of drug-likeness (QED) is 0.269. The number of carboxylic acids is 2. The fraction of sp³-hybridized carbons (Fsp3) is 0.500. The standard InChI is InChI=1S/C6H10N2O4/c7-3-8-4(6(11)12)1-2-5(9)10/h3-4H,1-2H2,(H2,7,8)(H,9,10)(H,11,12)/p+1. The molecule has 0 heterocycles. The van der Waals surface area contributed by atoms with Crippen molar-refractivity contribution in [1.29, 1.82) is 0 Å². The fourth-order valence-corrected chi connectivity index (χ4v) is 0.662. The van der Waals surface area contributed by atoms with Crippen LogP contribution in [0.5, 0.6) is 0 Å². The van der Waals surface area contributed by atoms with E-state index in [-0.39, 0.29) is 12.8 Å². The van der Waals surface area contributed by atoms with Crippen molar-refractivity contribution < 1.29 is 24.8 Å². The molecule has 1 atom stereocenters. The largest absolute Gasteiger partial charge is 0.481 e. The first-order valence-corrected chi connectivity index (χ1v) is 3.32. The van der Waals surface area contributed by atoms with Crippen molar-refractivity contribution in [3.05, 3.63) is 0 Å². The molecule has 0 fully saturated rings. The minimum atomic E-state index is -1.11. The van der Waals surface area contributed by atoms with Crippen LogP contribution in [0.15, 0.2) is 0 Å². The molecule has 0 aromatic carbocycles. The third kappa shape index (κ3) is 4.26. The second kappa shape index (κ2) is 5.11. The van der Waals surface area contributed by atoms with E-state index in [9.17, 15) is 9.59 Å². The number of hydrogen-bond acceptors (Lipinski definition) is 2. The molecule has 0 spiro atoms. The van der Waals surface area contributed by atoms with Crippen LogP contribution >= 0.6 is 0 Å². The smallest absolute Gasteiger partial charge is 0.348 e. The minimum Gasteiger partial charge on any atom is -0.481 e. The maximum Gasteiger partial charge on any atom is 0.348 e. The highest BCUT2D eigenvalue weighted by atomic mass is 16.4. The van der Waals surface area contributed by atoms with Crippen LogP contribution in [0.1, 0.15) is 12.8 Å². The fourth-order valence-electron chi connectivity index (χ4n) is 0.662. The molecule has 0 aliphatic rings. The molecular weight excluding hydrogens is 164 g/mol. The highest BCUT2D eigenvalue weighted by Gasteiger charge is 2.18. The van der Waals surface area contributed by atoms with Crippen LogP contribution in [0.3, 0.4) is 0 Å². The van der Waals surface area contributed by atoms with Crippen LogP contribution in [0.25, 0.3) is 0 Å². The summed E-state index contributed by atoms with van der Waals surface area (Å²) in [7, 11) is 0. The summed E-state index contributed by atoms with van der Waals surface area (Å²) >= 11 is 0. The lowest BCUT2D eigenvalue weighted by Crippen LogP contribution is -2.80. The summed E-state index contributed by atoms with van der Waals surface area (Å²) in [4.78, 5) is 22.8. The van der Waals surface area contributed by atoms with E-state index in [1.807, 2.05) is 0 Å². The Bertz CT molecular complexity index is 202. The number of aliphatic carboxylic acids is 2. The van der Waals surface area contributed by atoms with E-state index in [2.05, 4.69) is 4.99 Å². The van der Waals surface area contributed by atoms with E-state index in [1.165, 1.54) is 0 Å². The predicted octanol–water partition coefficient (Wildman–Crippen LogP) is -2.63. The van der Waals surface area contributed by atoms with E-state index in [0.29, 0.717) is 0 Å². The summed E-state index contributed by atoms with van der Waals surface area (Å²) in [5.41, 5.74) is 4.93. The van der Waals surface area contributed by atoms with Gasteiger partial charge in [-0.15, -0.1) is 0 Å². The van der Waals surface area contributed by atoms with Crippen molar-refractivity contribution in [2.24, 2.45) is 5.73 Å². The van der Waals surface area contributed by atoms with Crippen LogP contribution in [0, 0.1) is 0 Å². The molecule has 1 unspecified atom stereocenters. The molecule has 0 saturated heterocycles. The molecule has 0 amide bonds. The molecule has 5 N–H and O–H groups in total. The number of hydrogen-bond donors (Lipinski definition) is 4. The molecule has 68 valence electrons. The lowest BCUT2D eigenvalue weighted by molar-refractivity contribution is -0.487. The molecule has 0 bridgehead atoms. The van der Waals surface area contributed by atoms with E-state index in [4.69, 9.17) is 15.9 Å². The Morgan fingerprint density at radius 1 is 1.50 bits per heavy atom. The first kappa shape index (κ1) is 10.4. The second-order valence-corrected chi connectivity index (χ2v) is 2.16. The van der Waals surface area contributed by atoms with Crippen LogP contribution in [-0.4, -0.2) is 34.5 Å². The van der Waals surface area contributed by atoms with Gasteiger partial charge in [0.05, 0.1) is 0 Å². The van der Waals surface area contributed by atoms with Crippen LogP contribution < -0.4 is 10.7 Å². The minimum absolute atomic E-state index is 0.0123. The van der Waals surface area contributed by atoms with Gasteiger partial charge in [-0.25, -0.2) is 4.79 Å². The van der Waals surface area contributed by atoms with Crippen LogP contribution in [0.2, 0.25) is 0 Å². The van der Waals surface area contributed by atoms with Gasteiger partial charge in [0.15, 0.2) is 6.04 Å². The van der Waals surface area contributed by atoms with E-state index in [1.54, 1.807) is 0 Å². The molecule has 6 heteroatoms. The van der Waals surface area contributed by atoms with Gasteiger partial charge in [-0.2, -0.15) is 0 Å². The molecular formula is C6H11N2O4+. The highest BCUT2D eigenvalue weighted by molar-refractivity contribution is 5.73. The Hall–Kier alpha value is -1.59. The van der Waals surface area contributed by atoms with Crippen molar-refractivity contribution in [2.75, 3.05) is 0 Å². The Kier molecular flexibility index (Phi) is 4.43. The van der Waals surface area contributed by atoms with Gasteiger partial charge in [-0.05, 0) is 0 Å². The van der Waals surface area contributed by atoms with Gasteiger partial charge in [0, 0.05) is 12.8 Å². The van der Waals surface area contributed by atoms with Gasteiger partial charge >= 0.3 is 11.9 Å². The number of nitrogens with two attached hydrogens (primary N) is 1. The molecule has 0 aromatic heterocycles. The molecule has 0 aromatic rings. The van der Waals surface area contributed by atoms with Gasteiger partial charge in [-0.1, -0.05) is 0 Å². The molecule has 12 heavy (non-hydrogen) atoms. The zero-order chi connectivity index (χ0) is 9.56. The molecule has 0 saturated carbocycles. The Morgan fingerprint density at radius 2 is 2.08 bits per heavy atom. The van der Waals surface area contributed by atoms with Crippen molar-refractivity contribution in [1.82, 2.24) is 0 Å². The third-order valence-corrected chi connectivity index (χ3v) is 1.24. The summed E-state index contributed by atoms with van der Waals surface area (Å²) in [6.07, 6.45) is 0.802. The van der Waals surface area contributed by atoms with E-state index >= 15 is 0 Å². The van der Waals surface area contributed by atoms with Gasteiger partial charge in [0.2, 0.25) is 6.34 Å². The van der Waals surface area contributed by atoms with Gasteiger partial charge in [0.1, 0.15) is 0 Å². The average Bonchev–Trinajstić information content (AvgIpc) is 1.96.